The SMILES string of the molecule is O=C1CN(C2CCCCO2)NC1CC(F)(F)F. The number of hydrogen-bond acceptors (Lipinski definition) is 4. The summed E-state index contributed by atoms with van der Waals surface area (Å²) >= 11 is 0. The van der Waals surface area contributed by atoms with Crippen LogP contribution in [0, 0.1) is 0 Å². The number of ketones is 1. The fourth-order valence-electron chi connectivity index (χ4n) is 2.14. The number of Topliss-reactive ketones (excluding diaryl/α,β-unsaturated/α-hetero) is 1. The molecule has 0 radical (unpaired) electrons. The standard InChI is InChI=1S/C10H15F3N2O2/c11-10(12,13)5-7-8(16)6-15(14-7)9-3-1-2-4-17-9/h7,9,14H,1-6H2. The predicted octanol–water partition coefficient (Wildman–Crippen LogP) is 1.22. The second-order valence-electron chi connectivity index (χ2n) is 4.42. The van der Waals surface area contributed by atoms with Gasteiger partial charge in [0.25, 0.3) is 0 Å². The average Bonchev–Trinajstić information content (AvgIpc) is 2.59. The van der Waals surface area contributed by atoms with Crippen LogP contribution in [0.1, 0.15) is 25.7 Å². The highest BCUT2D eigenvalue weighted by molar-refractivity contribution is 5.87. The maximum absolute atomic E-state index is 12.2. The molecule has 4 nitrogen and oxygen atoms in total. The fraction of sp³-hybridized carbons (Fsp3) is 0.900. The van der Waals surface area contributed by atoms with Crippen molar-refractivity contribution in [3.8, 4) is 0 Å². The Morgan fingerprint density at radius 2 is 2.18 bits per heavy atom. The van der Waals surface area contributed by atoms with Crippen LogP contribution in [0.25, 0.3) is 0 Å². The number of alkyl halides is 3. The van der Waals surface area contributed by atoms with Gasteiger partial charge in [0.1, 0.15) is 6.23 Å². The van der Waals surface area contributed by atoms with Crippen molar-refractivity contribution in [2.45, 2.75) is 44.1 Å². The van der Waals surface area contributed by atoms with Crippen molar-refractivity contribution in [1.82, 2.24) is 10.4 Å². The first-order valence-corrected chi connectivity index (χ1v) is 5.69. The first-order chi connectivity index (χ1) is 7.96. The summed E-state index contributed by atoms with van der Waals surface area (Å²) < 4.78 is 42.0. The van der Waals surface area contributed by atoms with Crippen molar-refractivity contribution in [1.29, 1.82) is 0 Å². The second-order valence-corrected chi connectivity index (χ2v) is 4.42. The molecule has 2 atom stereocenters. The Morgan fingerprint density at radius 1 is 1.41 bits per heavy atom. The first kappa shape index (κ1) is 12.8. The lowest BCUT2D eigenvalue weighted by molar-refractivity contribution is -0.148. The smallest absolute Gasteiger partial charge is 0.362 e. The number of rotatable bonds is 2. The van der Waals surface area contributed by atoms with Crippen LogP contribution in [-0.2, 0) is 9.53 Å². The first-order valence-electron chi connectivity index (χ1n) is 5.69. The molecule has 0 saturated carbocycles. The molecule has 2 unspecified atom stereocenters. The van der Waals surface area contributed by atoms with Crippen LogP contribution in [0.2, 0.25) is 0 Å². The van der Waals surface area contributed by atoms with E-state index >= 15 is 0 Å². The maximum Gasteiger partial charge on any atom is 0.391 e. The Hall–Kier alpha value is -0.660. The Labute approximate surface area is 97.1 Å². The lowest BCUT2D eigenvalue weighted by Crippen LogP contribution is -2.46. The van der Waals surface area contributed by atoms with Crippen LogP contribution >= 0.6 is 0 Å². The number of carbonyl (C=O) groups is 1. The van der Waals surface area contributed by atoms with E-state index in [2.05, 4.69) is 5.43 Å². The lowest BCUT2D eigenvalue weighted by atomic mass is 10.1. The Morgan fingerprint density at radius 3 is 2.76 bits per heavy atom. The molecule has 1 N–H and O–H groups in total. The molecular weight excluding hydrogens is 237 g/mol. The molecule has 0 aromatic carbocycles. The van der Waals surface area contributed by atoms with Crippen LogP contribution < -0.4 is 5.43 Å². The Balaban J connectivity index is 1.90. The predicted molar refractivity (Wildman–Crippen MR) is 52.9 cm³/mol. The zero-order valence-electron chi connectivity index (χ0n) is 9.29. The number of ether oxygens (including phenoxy) is 1. The van der Waals surface area contributed by atoms with Crippen LogP contribution in [0.3, 0.4) is 0 Å². The van der Waals surface area contributed by atoms with E-state index in [0.29, 0.717) is 6.61 Å². The van der Waals surface area contributed by atoms with Gasteiger partial charge < -0.3 is 4.74 Å². The van der Waals surface area contributed by atoms with Crippen molar-refractivity contribution in [3.05, 3.63) is 0 Å². The molecule has 0 aromatic heterocycles. The zero-order chi connectivity index (χ0) is 12.5. The molecule has 2 rings (SSSR count). The molecule has 17 heavy (non-hydrogen) atoms. The van der Waals surface area contributed by atoms with Gasteiger partial charge in [-0.3, -0.25) is 4.79 Å². The summed E-state index contributed by atoms with van der Waals surface area (Å²) in [5.74, 6) is -0.420. The van der Waals surface area contributed by atoms with Gasteiger partial charge in [0.05, 0.1) is 19.0 Å². The molecule has 0 aromatic rings. The van der Waals surface area contributed by atoms with Gasteiger partial charge in [0, 0.05) is 6.61 Å². The number of halogens is 3. The molecule has 0 aliphatic carbocycles. The third-order valence-corrected chi connectivity index (χ3v) is 2.98. The summed E-state index contributed by atoms with van der Waals surface area (Å²) in [6.45, 7) is 0.590. The molecule has 0 bridgehead atoms. The number of hydrogen-bond donors (Lipinski definition) is 1. The molecule has 7 heteroatoms. The molecule has 2 fully saturated rings. The lowest BCUT2D eigenvalue weighted by Gasteiger charge is -2.30. The summed E-state index contributed by atoms with van der Waals surface area (Å²) in [7, 11) is 0. The molecule has 2 heterocycles. The minimum absolute atomic E-state index is 0.00852. The molecular formula is C10H15F3N2O2. The largest absolute Gasteiger partial charge is 0.391 e. The maximum atomic E-state index is 12.2. The second kappa shape index (κ2) is 4.91. The molecule has 0 amide bonds. The topological polar surface area (TPSA) is 41.6 Å². The normalized spacial score (nSPS) is 32.1. The van der Waals surface area contributed by atoms with Gasteiger partial charge in [0.2, 0.25) is 0 Å². The average molecular weight is 252 g/mol. The molecule has 0 spiro atoms. The van der Waals surface area contributed by atoms with Gasteiger partial charge in [-0.15, -0.1) is 0 Å². The van der Waals surface area contributed by atoms with Gasteiger partial charge in [-0.1, -0.05) is 0 Å². The van der Waals surface area contributed by atoms with E-state index in [4.69, 9.17) is 4.74 Å². The number of nitrogens with zero attached hydrogens (tertiary/aromatic N) is 1. The highest BCUT2D eigenvalue weighted by Crippen LogP contribution is 2.25. The van der Waals surface area contributed by atoms with Crippen LogP contribution in [-0.4, -0.2) is 42.4 Å². The van der Waals surface area contributed by atoms with Crippen molar-refractivity contribution in [2.75, 3.05) is 13.2 Å². The number of nitrogens with one attached hydrogen (secondary N) is 1. The quantitative estimate of drug-likeness (QED) is 0.802. The third-order valence-electron chi connectivity index (χ3n) is 2.98. The fourth-order valence-corrected chi connectivity index (χ4v) is 2.14. The molecule has 2 aliphatic rings. The van der Waals surface area contributed by atoms with Gasteiger partial charge in [-0.25, -0.2) is 10.4 Å². The summed E-state index contributed by atoms with van der Waals surface area (Å²) in [6, 6.07) is -1.15. The summed E-state index contributed by atoms with van der Waals surface area (Å²) in [5, 5.41) is 1.50. The van der Waals surface area contributed by atoms with E-state index in [0.717, 1.165) is 19.3 Å². The van der Waals surface area contributed by atoms with E-state index in [1.807, 2.05) is 0 Å². The van der Waals surface area contributed by atoms with E-state index in [-0.39, 0.29) is 12.8 Å². The van der Waals surface area contributed by atoms with Crippen molar-refractivity contribution < 1.29 is 22.7 Å². The molecule has 2 aliphatic heterocycles. The Kier molecular flexibility index (Phi) is 3.70. The van der Waals surface area contributed by atoms with Gasteiger partial charge in [-0.2, -0.15) is 13.2 Å². The summed E-state index contributed by atoms with van der Waals surface area (Å²) in [6.07, 6.45) is -3.03. The monoisotopic (exact) mass is 252 g/mol. The van der Waals surface area contributed by atoms with Crippen molar-refractivity contribution in [3.63, 3.8) is 0 Å². The van der Waals surface area contributed by atoms with Crippen molar-refractivity contribution in [2.24, 2.45) is 0 Å². The highest BCUT2D eigenvalue weighted by Gasteiger charge is 2.41. The molecule has 2 saturated heterocycles. The Bertz CT molecular complexity index is 290. The van der Waals surface area contributed by atoms with E-state index in [9.17, 15) is 18.0 Å². The molecule has 98 valence electrons. The number of hydrazine groups is 1. The van der Waals surface area contributed by atoms with Gasteiger partial charge in [-0.05, 0) is 19.3 Å². The van der Waals surface area contributed by atoms with Gasteiger partial charge in [0.15, 0.2) is 5.78 Å². The van der Waals surface area contributed by atoms with Gasteiger partial charge >= 0.3 is 6.18 Å². The number of carbonyl (C=O) groups excluding carboxylic acids is 1. The van der Waals surface area contributed by atoms with Crippen LogP contribution in [0.15, 0.2) is 0 Å². The summed E-state index contributed by atoms with van der Waals surface area (Å²) in [4.78, 5) is 11.4. The zero-order valence-corrected chi connectivity index (χ0v) is 9.29. The highest BCUT2D eigenvalue weighted by atomic mass is 19.4. The van der Waals surface area contributed by atoms with E-state index < -0.39 is 24.4 Å². The van der Waals surface area contributed by atoms with Crippen LogP contribution in [0.4, 0.5) is 13.2 Å². The summed E-state index contributed by atoms with van der Waals surface area (Å²) in [5.41, 5.74) is 2.61. The third kappa shape index (κ3) is 3.40. The minimum atomic E-state index is -4.32. The van der Waals surface area contributed by atoms with Crippen LogP contribution in [0.5, 0.6) is 0 Å². The van der Waals surface area contributed by atoms with Crippen molar-refractivity contribution >= 4 is 5.78 Å². The van der Waals surface area contributed by atoms with E-state index in [1.54, 1.807) is 0 Å². The minimum Gasteiger partial charge on any atom is -0.362 e. The van der Waals surface area contributed by atoms with E-state index in [1.165, 1.54) is 5.01 Å².